The van der Waals surface area contributed by atoms with Crippen LogP contribution in [0.2, 0.25) is 0 Å². The molecule has 0 radical (unpaired) electrons. The van der Waals surface area contributed by atoms with E-state index in [-0.39, 0.29) is 12.5 Å². The van der Waals surface area contributed by atoms with Crippen LogP contribution in [0, 0.1) is 0 Å². The minimum Gasteiger partial charge on any atom is -0.480 e. The van der Waals surface area contributed by atoms with Gasteiger partial charge in [-0.2, -0.15) is 5.10 Å². The monoisotopic (exact) mass is 370 g/mol. The third kappa shape index (κ3) is 4.54. The number of carbonyl (C=O) groups excluding carboxylic acids is 1. The first-order valence-electron chi connectivity index (χ1n) is 9.34. The van der Waals surface area contributed by atoms with Gasteiger partial charge in [0.05, 0.1) is 17.9 Å². The molecule has 7 nitrogen and oxygen atoms in total. The van der Waals surface area contributed by atoms with E-state index >= 15 is 0 Å². The molecule has 2 N–H and O–H groups in total. The van der Waals surface area contributed by atoms with E-state index in [1.54, 1.807) is 18.7 Å². The van der Waals surface area contributed by atoms with Crippen molar-refractivity contribution in [1.29, 1.82) is 0 Å². The first-order valence-corrected chi connectivity index (χ1v) is 9.34. The highest BCUT2D eigenvalue weighted by atomic mass is 16.4. The molecule has 144 valence electrons. The molecule has 3 rings (SSSR count). The van der Waals surface area contributed by atoms with Gasteiger partial charge in [0.1, 0.15) is 11.9 Å². The van der Waals surface area contributed by atoms with Crippen LogP contribution in [0.5, 0.6) is 0 Å². The van der Waals surface area contributed by atoms with Gasteiger partial charge in [0, 0.05) is 12.0 Å². The molecule has 0 bridgehead atoms. The molecule has 0 spiro atoms. The highest BCUT2D eigenvalue weighted by Crippen LogP contribution is 2.35. The fourth-order valence-electron chi connectivity index (χ4n) is 3.41. The van der Waals surface area contributed by atoms with Crippen molar-refractivity contribution in [1.82, 2.24) is 14.7 Å². The smallest absolute Gasteiger partial charge is 0.320 e. The van der Waals surface area contributed by atoms with Gasteiger partial charge in [0.2, 0.25) is 5.91 Å². The second-order valence-electron chi connectivity index (χ2n) is 7.16. The first kappa shape index (κ1) is 19.1. The molecule has 1 aliphatic carbocycles. The normalized spacial score (nSPS) is 15.8. The van der Waals surface area contributed by atoms with Gasteiger partial charge >= 0.3 is 5.97 Å². The molecule has 1 aromatic carbocycles. The van der Waals surface area contributed by atoms with E-state index in [1.165, 1.54) is 17.7 Å². The van der Waals surface area contributed by atoms with Crippen molar-refractivity contribution < 1.29 is 14.7 Å². The van der Waals surface area contributed by atoms with E-state index < -0.39 is 12.0 Å². The van der Waals surface area contributed by atoms with Crippen LogP contribution < -0.4 is 5.32 Å². The molecule has 1 aliphatic rings. The molecule has 1 amide bonds. The zero-order valence-corrected chi connectivity index (χ0v) is 15.8. The van der Waals surface area contributed by atoms with E-state index in [4.69, 9.17) is 10.2 Å². The summed E-state index contributed by atoms with van der Waals surface area (Å²) in [5, 5.41) is 16.7. The maximum absolute atomic E-state index is 12.5. The van der Waals surface area contributed by atoms with Crippen LogP contribution in [-0.4, -0.2) is 51.3 Å². The average molecular weight is 370 g/mol. The number of hydrogen-bond acceptors (Lipinski definition) is 4. The molecular formula is C20H26N4O3. The molecule has 0 aliphatic heterocycles. The molecule has 1 saturated carbocycles. The average Bonchev–Trinajstić information content (AvgIpc) is 3.31. The second-order valence-corrected chi connectivity index (χ2v) is 7.16. The van der Waals surface area contributed by atoms with Crippen molar-refractivity contribution >= 4 is 17.7 Å². The summed E-state index contributed by atoms with van der Waals surface area (Å²) in [5.74, 6) is -0.173. The molecule has 1 heterocycles. The van der Waals surface area contributed by atoms with Crippen molar-refractivity contribution in [3.05, 3.63) is 42.1 Å². The summed E-state index contributed by atoms with van der Waals surface area (Å²) in [6, 6.07) is 10.9. The predicted molar refractivity (Wildman–Crippen MR) is 103 cm³/mol. The zero-order valence-electron chi connectivity index (χ0n) is 15.8. The van der Waals surface area contributed by atoms with Crippen LogP contribution in [0.15, 0.2) is 36.4 Å². The largest absolute Gasteiger partial charge is 0.480 e. The number of hydrogen-bond donors (Lipinski definition) is 2. The first-order chi connectivity index (χ1) is 13.0. The number of carboxylic acids is 1. The summed E-state index contributed by atoms with van der Waals surface area (Å²) >= 11 is 0. The number of rotatable bonds is 7. The lowest BCUT2D eigenvalue weighted by atomic mass is 10.0. The van der Waals surface area contributed by atoms with Gasteiger partial charge in [-0.25, -0.2) is 4.68 Å². The predicted octanol–water partition coefficient (Wildman–Crippen LogP) is 2.87. The van der Waals surface area contributed by atoms with Crippen LogP contribution in [0.1, 0.15) is 44.2 Å². The molecular weight excluding hydrogens is 344 g/mol. The Morgan fingerprint density at radius 2 is 1.96 bits per heavy atom. The minimum absolute atomic E-state index is 0.00774. The van der Waals surface area contributed by atoms with Gasteiger partial charge in [-0.1, -0.05) is 31.0 Å². The number of aliphatic carboxylic acids is 1. The minimum atomic E-state index is -0.955. The Hall–Kier alpha value is -2.67. The SMILES string of the molecule is CC(C(=O)O)N(C)CC(=O)Nc1cc(C2CCCC2)nn1-c1ccccc1. The van der Waals surface area contributed by atoms with Gasteiger partial charge in [0.15, 0.2) is 0 Å². The molecule has 1 unspecified atom stereocenters. The number of aromatic nitrogens is 2. The Balaban J connectivity index is 1.80. The van der Waals surface area contributed by atoms with Gasteiger partial charge in [-0.3, -0.25) is 14.5 Å². The van der Waals surface area contributed by atoms with E-state index in [1.807, 2.05) is 36.4 Å². The number of nitrogens with zero attached hydrogens (tertiary/aromatic N) is 3. The number of para-hydroxylation sites is 1. The Morgan fingerprint density at radius 1 is 1.30 bits per heavy atom. The standard InChI is InChI=1S/C20H26N4O3/c1-14(20(26)27)23(2)13-19(25)21-18-12-17(15-8-6-7-9-15)22-24(18)16-10-4-3-5-11-16/h3-5,10-12,14-15H,6-9,13H2,1-2H3,(H,21,25)(H,26,27). The Kier molecular flexibility index (Phi) is 5.91. The maximum atomic E-state index is 12.5. The van der Waals surface area contributed by atoms with Crippen molar-refractivity contribution in [2.75, 3.05) is 18.9 Å². The zero-order chi connectivity index (χ0) is 19.4. The summed E-state index contributed by atoms with van der Waals surface area (Å²) in [6.07, 6.45) is 4.67. The summed E-state index contributed by atoms with van der Waals surface area (Å²) < 4.78 is 1.76. The van der Waals surface area contributed by atoms with E-state index in [9.17, 15) is 9.59 Å². The number of nitrogens with one attached hydrogen (secondary N) is 1. The third-order valence-corrected chi connectivity index (χ3v) is 5.18. The van der Waals surface area contributed by atoms with Crippen LogP contribution >= 0.6 is 0 Å². The summed E-state index contributed by atoms with van der Waals surface area (Å²) in [5.41, 5.74) is 1.88. The second kappa shape index (κ2) is 8.35. The molecule has 27 heavy (non-hydrogen) atoms. The lowest BCUT2D eigenvalue weighted by molar-refractivity contribution is -0.142. The van der Waals surface area contributed by atoms with Crippen LogP contribution in [0.25, 0.3) is 5.69 Å². The van der Waals surface area contributed by atoms with Crippen molar-refractivity contribution in [2.24, 2.45) is 0 Å². The van der Waals surface area contributed by atoms with Crippen LogP contribution in [-0.2, 0) is 9.59 Å². The van der Waals surface area contributed by atoms with Gasteiger partial charge in [-0.15, -0.1) is 0 Å². The van der Waals surface area contributed by atoms with Crippen molar-refractivity contribution in [3.63, 3.8) is 0 Å². The molecule has 0 saturated heterocycles. The van der Waals surface area contributed by atoms with E-state index in [0.717, 1.165) is 24.2 Å². The Labute approximate surface area is 159 Å². The molecule has 2 aromatic rings. The fraction of sp³-hybridized carbons (Fsp3) is 0.450. The topological polar surface area (TPSA) is 87.5 Å². The number of carboxylic acid groups (broad SMARTS) is 1. The number of carbonyl (C=O) groups is 2. The van der Waals surface area contributed by atoms with Crippen molar-refractivity contribution in [2.45, 2.75) is 44.6 Å². The Morgan fingerprint density at radius 3 is 2.59 bits per heavy atom. The van der Waals surface area contributed by atoms with Crippen LogP contribution in [0.3, 0.4) is 0 Å². The Bertz CT molecular complexity index is 797. The fourth-order valence-corrected chi connectivity index (χ4v) is 3.41. The van der Waals surface area contributed by atoms with E-state index in [2.05, 4.69) is 5.32 Å². The highest BCUT2D eigenvalue weighted by molar-refractivity contribution is 5.92. The summed E-state index contributed by atoms with van der Waals surface area (Å²) in [7, 11) is 1.62. The lowest BCUT2D eigenvalue weighted by Gasteiger charge is -2.20. The molecule has 7 heteroatoms. The number of likely N-dealkylation sites (N-methyl/N-ethyl adjacent to an activating group) is 1. The highest BCUT2D eigenvalue weighted by Gasteiger charge is 2.23. The number of benzene rings is 1. The number of anilines is 1. The molecule has 1 aromatic heterocycles. The van der Waals surface area contributed by atoms with E-state index in [0.29, 0.717) is 11.7 Å². The quantitative estimate of drug-likeness (QED) is 0.782. The maximum Gasteiger partial charge on any atom is 0.320 e. The van der Waals surface area contributed by atoms with Gasteiger partial charge in [-0.05, 0) is 38.9 Å². The molecule has 1 fully saturated rings. The summed E-state index contributed by atoms with van der Waals surface area (Å²) in [4.78, 5) is 25.1. The molecule has 1 atom stereocenters. The number of amides is 1. The van der Waals surface area contributed by atoms with Crippen LogP contribution in [0.4, 0.5) is 5.82 Å². The van der Waals surface area contributed by atoms with Gasteiger partial charge < -0.3 is 10.4 Å². The van der Waals surface area contributed by atoms with Gasteiger partial charge in [0.25, 0.3) is 0 Å². The lowest BCUT2D eigenvalue weighted by Crippen LogP contribution is -2.40. The summed E-state index contributed by atoms with van der Waals surface area (Å²) in [6.45, 7) is 1.55. The van der Waals surface area contributed by atoms with Crippen molar-refractivity contribution in [3.8, 4) is 5.69 Å². The third-order valence-electron chi connectivity index (χ3n) is 5.18.